The van der Waals surface area contributed by atoms with Crippen LogP contribution in [-0.4, -0.2) is 47.1 Å². The van der Waals surface area contributed by atoms with Gasteiger partial charge in [0.15, 0.2) is 17.3 Å². The third-order valence-corrected chi connectivity index (χ3v) is 9.51. The number of benzene rings is 2. The molecule has 0 bridgehead atoms. The molecule has 1 amide bonds. The van der Waals surface area contributed by atoms with Gasteiger partial charge in [-0.3, -0.25) is 9.59 Å². The number of ketones is 1. The van der Waals surface area contributed by atoms with E-state index in [1.807, 2.05) is 6.92 Å². The van der Waals surface area contributed by atoms with Crippen molar-refractivity contribution in [2.24, 2.45) is 0 Å². The number of rotatable bonds is 11. The number of methoxy groups -OCH3 is 1. The molecule has 3 aliphatic rings. The predicted octanol–water partition coefficient (Wildman–Crippen LogP) is 6.41. The lowest BCUT2D eigenvalue weighted by Crippen LogP contribution is -2.52. The Morgan fingerprint density at radius 2 is 1.80 bits per heavy atom. The van der Waals surface area contributed by atoms with Crippen LogP contribution < -0.4 is 19.5 Å². The number of halogens is 1. The Morgan fingerprint density at radius 1 is 1.09 bits per heavy atom. The molecule has 9 heteroatoms. The van der Waals surface area contributed by atoms with Crippen LogP contribution in [0.4, 0.5) is 4.39 Å². The number of aliphatic hydroxyl groups is 1. The zero-order valence-corrected chi connectivity index (χ0v) is 26.4. The Bertz CT molecular complexity index is 1610. The molecule has 2 aromatic carbocycles. The molecule has 8 nitrogen and oxygen atoms in total. The highest BCUT2D eigenvalue weighted by molar-refractivity contribution is 5.96. The smallest absolute Gasteiger partial charge is 0.234 e. The van der Waals surface area contributed by atoms with E-state index in [4.69, 9.17) is 19.2 Å². The maximum Gasteiger partial charge on any atom is 0.234 e. The number of carbonyl (C=O) groups excluding carboxylic acids is 2. The van der Waals surface area contributed by atoms with Crippen molar-refractivity contribution >= 4 is 11.7 Å². The van der Waals surface area contributed by atoms with Crippen LogP contribution in [0.25, 0.3) is 11.3 Å². The zero-order chi connectivity index (χ0) is 32.0. The van der Waals surface area contributed by atoms with E-state index in [1.165, 1.54) is 19.2 Å². The van der Waals surface area contributed by atoms with Crippen molar-refractivity contribution in [1.29, 1.82) is 0 Å². The second kappa shape index (κ2) is 11.7. The molecule has 2 fully saturated rings. The van der Waals surface area contributed by atoms with Crippen molar-refractivity contribution < 1.29 is 33.3 Å². The van der Waals surface area contributed by atoms with Crippen LogP contribution in [-0.2, 0) is 15.8 Å². The lowest BCUT2D eigenvalue weighted by atomic mass is 9.80. The van der Waals surface area contributed by atoms with Crippen molar-refractivity contribution in [2.45, 2.75) is 94.8 Å². The number of pyridine rings is 1. The summed E-state index contributed by atoms with van der Waals surface area (Å²) >= 11 is 0. The summed E-state index contributed by atoms with van der Waals surface area (Å²) in [5, 5.41) is 15.1. The third-order valence-electron chi connectivity index (χ3n) is 9.51. The fourth-order valence-electron chi connectivity index (χ4n) is 6.28. The number of nitrogens with one attached hydrogen (secondary N) is 1. The summed E-state index contributed by atoms with van der Waals surface area (Å²) in [6.07, 6.45) is 6.28. The summed E-state index contributed by atoms with van der Waals surface area (Å²) in [6, 6.07) is 12.7. The van der Waals surface area contributed by atoms with Crippen molar-refractivity contribution in [2.75, 3.05) is 13.7 Å². The van der Waals surface area contributed by atoms with Crippen molar-refractivity contribution in [1.82, 2.24) is 10.3 Å². The number of ether oxygens (including phenoxy) is 3. The van der Waals surface area contributed by atoms with Crippen molar-refractivity contribution in [3.8, 4) is 28.5 Å². The normalized spacial score (nSPS) is 21.4. The molecule has 1 aromatic heterocycles. The van der Waals surface area contributed by atoms with E-state index in [0.29, 0.717) is 45.3 Å². The maximum absolute atomic E-state index is 13.9. The molecule has 6 rings (SSSR count). The Kier molecular flexibility index (Phi) is 8.10. The first kappa shape index (κ1) is 31.0. The Hall–Kier alpha value is -3.98. The molecular formula is C36H41FN2O6. The highest BCUT2D eigenvalue weighted by atomic mass is 19.1. The van der Waals surface area contributed by atoms with Crippen molar-refractivity contribution in [3.63, 3.8) is 0 Å². The Morgan fingerprint density at radius 3 is 2.47 bits per heavy atom. The molecule has 2 N–H and O–H groups in total. The van der Waals surface area contributed by atoms with Crippen molar-refractivity contribution in [3.05, 3.63) is 71.2 Å². The van der Waals surface area contributed by atoms with Crippen LogP contribution >= 0.6 is 0 Å². The van der Waals surface area contributed by atoms with Gasteiger partial charge in [0.05, 0.1) is 18.9 Å². The van der Waals surface area contributed by atoms with E-state index >= 15 is 0 Å². The van der Waals surface area contributed by atoms with Crippen LogP contribution in [0.5, 0.6) is 17.2 Å². The first-order chi connectivity index (χ1) is 21.4. The number of aromatic nitrogens is 1. The highest BCUT2D eigenvalue weighted by Gasteiger charge is 2.48. The molecule has 45 heavy (non-hydrogen) atoms. The first-order valence-corrected chi connectivity index (χ1v) is 15.8. The molecule has 2 atom stereocenters. The minimum absolute atomic E-state index is 0.0379. The van der Waals surface area contributed by atoms with Gasteiger partial charge in [0.1, 0.15) is 34.9 Å². The highest BCUT2D eigenvalue weighted by Crippen LogP contribution is 2.47. The zero-order valence-electron chi connectivity index (χ0n) is 26.4. The van der Waals surface area contributed by atoms with Gasteiger partial charge in [-0.25, -0.2) is 9.37 Å². The predicted molar refractivity (Wildman–Crippen MR) is 167 cm³/mol. The van der Waals surface area contributed by atoms with Crippen LogP contribution in [0.3, 0.4) is 0 Å². The molecule has 2 heterocycles. The summed E-state index contributed by atoms with van der Waals surface area (Å²) < 4.78 is 31.4. The SMILES string of the molecule is COc1cc(C(=O)CC[C@](C)(O)c2cc3c(c(-c4ccc(F)cc4)n2)OC[C@]3(C)C(=O)NC2(C)CCCC2)ccc1OC1CC1. The quantitative estimate of drug-likeness (QED) is 0.240. The molecule has 1 aliphatic heterocycles. The van der Waals surface area contributed by atoms with E-state index in [1.54, 1.807) is 43.3 Å². The summed E-state index contributed by atoms with van der Waals surface area (Å²) in [6.45, 7) is 5.63. The van der Waals surface area contributed by atoms with Gasteiger partial charge in [-0.2, -0.15) is 0 Å². The summed E-state index contributed by atoms with van der Waals surface area (Å²) in [7, 11) is 1.54. The topological polar surface area (TPSA) is 107 Å². The largest absolute Gasteiger partial charge is 0.493 e. The molecule has 2 saturated carbocycles. The summed E-state index contributed by atoms with van der Waals surface area (Å²) in [4.78, 5) is 32.0. The summed E-state index contributed by atoms with van der Waals surface area (Å²) in [5.74, 6) is 0.834. The van der Waals surface area contributed by atoms with E-state index in [-0.39, 0.29) is 42.8 Å². The van der Waals surface area contributed by atoms with Gasteiger partial charge < -0.3 is 24.6 Å². The second-order valence-electron chi connectivity index (χ2n) is 13.5. The second-order valence-corrected chi connectivity index (χ2v) is 13.5. The minimum Gasteiger partial charge on any atom is -0.493 e. The number of Topliss-reactive ketones (excluding diaryl/α,β-unsaturated/α-hetero) is 1. The van der Waals surface area contributed by atoms with E-state index in [2.05, 4.69) is 12.2 Å². The first-order valence-electron chi connectivity index (χ1n) is 15.8. The van der Waals surface area contributed by atoms with Crippen LogP contribution in [0.15, 0.2) is 48.5 Å². The van der Waals surface area contributed by atoms with Gasteiger partial charge in [0, 0.05) is 28.7 Å². The molecule has 3 aromatic rings. The van der Waals surface area contributed by atoms with Crippen LogP contribution in [0, 0.1) is 5.82 Å². The average Bonchev–Trinajstić information content (AvgIpc) is 3.63. The third kappa shape index (κ3) is 6.27. The van der Waals surface area contributed by atoms with E-state index in [0.717, 1.165) is 38.5 Å². The molecular weight excluding hydrogens is 575 g/mol. The Labute approximate surface area is 263 Å². The molecule has 0 spiro atoms. The molecule has 2 aliphatic carbocycles. The molecule has 238 valence electrons. The van der Waals surface area contributed by atoms with Crippen LogP contribution in [0.1, 0.15) is 93.8 Å². The molecule has 0 unspecified atom stereocenters. The van der Waals surface area contributed by atoms with E-state index in [9.17, 15) is 19.1 Å². The standard InChI is InChI=1S/C36H41FN2O6/c1-34(16-5-6-17-34)39-33(41)35(2)21-44-32-26(35)20-30(38-31(32)22-7-10-24(37)11-8-22)36(3,42)18-15-27(40)23-9-14-28(29(19-23)43-4)45-25-12-13-25/h7-11,14,19-20,25,42H,5-6,12-13,15-18,21H2,1-4H3,(H,39,41)/t35-,36-/m0/s1. The van der Waals surface area contributed by atoms with Gasteiger partial charge in [0.25, 0.3) is 0 Å². The number of amides is 1. The maximum atomic E-state index is 13.9. The molecule has 0 radical (unpaired) electrons. The lowest BCUT2D eigenvalue weighted by Gasteiger charge is -2.31. The van der Waals surface area contributed by atoms with Crippen LogP contribution in [0.2, 0.25) is 0 Å². The molecule has 0 saturated heterocycles. The van der Waals surface area contributed by atoms with Gasteiger partial charge in [-0.1, -0.05) is 12.8 Å². The number of hydrogen-bond acceptors (Lipinski definition) is 7. The minimum atomic E-state index is -1.53. The lowest BCUT2D eigenvalue weighted by molar-refractivity contribution is -0.128. The van der Waals surface area contributed by atoms with Gasteiger partial charge in [0.2, 0.25) is 5.91 Å². The number of fused-ring (bicyclic) bond motifs is 1. The van der Waals surface area contributed by atoms with Gasteiger partial charge in [-0.15, -0.1) is 0 Å². The van der Waals surface area contributed by atoms with Gasteiger partial charge >= 0.3 is 0 Å². The monoisotopic (exact) mass is 616 g/mol. The number of hydrogen-bond donors (Lipinski definition) is 2. The number of nitrogens with zero attached hydrogens (tertiary/aromatic N) is 1. The fraction of sp³-hybridized carbons (Fsp3) is 0.472. The number of carbonyl (C=O) groups is 2. The summed E-state index contributed by atoms with van der Waals surface area (Å²) in [5.41, 5.74) is -0.490. The fourth-order valence-corrected chi connectivity index (χ4v) is 6.28. The Balaban J connectivity index is 1.30. The van der Waals surface area contributed by atoms with E-state index < -0.39 is 16.8 Å². The van der Waals surface area contributed by atoms with Gasteiger partial charge in [-0.05, 0) is 101 Å². The average molecular weight is 617 g/mol.